The molecule has 2 amide bonds. The Balaban J connectivity index is 1.70. The number of fused-ring (bicyclic) bond motifs is 1. The zero-order valence-corrected chi connectivity index (χ0v) is 14.2. The maximum atomic E-state index is 14.2. The highest BCUT2D eigenvalue weighted by molar-refractivity contribution is 5.98. The molecular weight excluding hydrogens is 309 g/mol. The molecule has 5 nitrogen and oxygen atoms in total. The molecule has 2 heterocycles. The molecule has 2 aliphatic rings. The van der Waals surface area contributed by atoms with E-state index in [1.165, 1.54) is 6.07 Å². The third-order valence-electron chi connectivity index (χ3n) is 5.13. The van der Waals surface area contributed by atoms with Crippen LogP contribution in [0.4, 0.5) is 10.1 Å². The Morgan fingerprint density at radius 3 is 2.92 bits per heavy atom. The third kappa shape index (κ3) is 3.43. The van der Waals surface area contributed by atoms with Crippen LogP contribution in [0.1, 0.15) is 49.0 Å². The van der Waals surface area contributed by atoms with Crippen LogP contribution in [-0.2, 0) is 11.2 Å². The maximum absolute atomic E-state index is 14.2. The van der Waals surface area contributed by atoms with Crippen molar-refractivity contribution in [3.63, 3.8) is 0 Å². The molecular formula is C18H24FN3O2. The van der Waals surface area contributed by atoms with Crippen LogP contribution in [0.5, 0.6) is 0 Å². The van der Waals surface area contributed by atoms with Gasteiger partial charge in [-0.3, -0.25) is 9.59 Å². The lowest BCUT2D eigenvalue weighted by atomic mass is 9.77. The molecule has 1 unspecified atom stereocenters. The molecule has 1 fully saturated rings. The predicted molar refractivity (Wildman–Crippen MR) is 90.5 cm³/mol. The zero-order valence-electron chi connectivity index (χ0n) is 14.2. The lowest BCUT2D eigenvalue weighted by Crippen LogP contribution is -2.52. The number of anilines is 1. The number of benzene rings is 1. The van der Waals surface area contributed by atoms with Crippen LogP contribution >= 0.6 is 0 Å². The van der Waals surface area contributed by atoms with E-state index in [1.54, 1.807) is 6.07 Å². The maximum Gasteiger partial charge on any atom is 0.254 e. The predicted octanol–water partition coefficient (Wildman–Crippen LogP) is 2.22. The van der Waals surface area contributed by atoms with Gasteiger partial charge in [0.1, 0.15) is 5.82 Å². The van der Waals surface area contributed by atoms with Crippen molar-refractivity contribution in [2.45, 2.75) is 45.6 Å². The molecule has 1 atom stereocenters. The van der Waals surface area contributed by atoms with Gasteiger partial charge in [-0.15, -0.1) is 0 Å². The van der Waals surface area contributed by atoms with E-state index in [1.807, 2.05) is 0 Å². The number of rotatable bonds is 3. The normalized spacial score (nSPS) is 22.5. The second-order valence-corrected chi connectivity index (χ2v) is 7.35. The smallest absolute Gasteiger partial charge is 0.254 e. The van der Waals surface area contributed by atoms with Crippen molar-refractivity contribution in [2.75, 3.05) is 18.4 Å². The average molecular weight is 333 g/mol. The Bertz CT molecular complexity index is 672. The van der Waals surface area contributed by atoms with Crippen molar-refractivity contribution in [1.29, 1.82) is 0 Å². The Hall–Kier alpha value is -1.95. The van der Waals surface area contributed by atoms with Gasteiger partial charge in [0.2, 0.25) is 5.91 Å². The van der Waals surface area contributed by atoms with Crippen molar-refractivity contribution in [3.05, 3.63) is 29.1 Å². The number of halogens is 1. The number of aryl methyl sites for hydroxylation is 1. The Labute approximate surface area is 141 Å². The van der Waals surface area contributed by atoms with Gasteiger partial charge in [0.15, 0.2) is 0 Å². The summed E-state index contributed by atoms with van der Waals surface area (Å²) in [5, 5.41) is 8.92. The molecule has 6 heteroatoms. The summed E-state index contributed by atoms with van der Waals surface area (Å²) in [5.74, 6) is -1.13. The van der Waals surface area contributed by atoms with Crippen LogP contribution in [0.25, 0.3) is 0 Å². The van der Waals surface area contributed by atoms with Gasteiger partial charge in [0.25, 0.3) is 5.91 Å². The Morgan fingerprint density at radius 2 is 2.17 bits per heavy atom. The molecule has 1 aromatic carbocycles. The summed E-state index contributed by atoms with van der Waals surface area (Å²) in [6.07, 6.45) is 3.12. The Morgan fingerprint density at radius 1 is 1.38 bits per heavy atom. The van der Waals surface area contributed by atoms with Crippen molar-refractivity contribution in [2.24, 2.45) is 5.41 Å². The third-order valence-corrected chi connectivity index (χ3v) is 5.13. The fraction of sp³-hybridized carbons (Fsp3) is 0.556. The van der Waals surface area contributed by atoms with Crippen molar-refractivity contribution < 1.29 is 14.0 Å². The summed E-state index contributed by atoms with van der Waals surface area (Å²) in [6, 6.07) is 2.97. The van der Waals surface area contributed by atoms with Crippen LogP contribution in [0.2, 0.25) is 0 Å². The van der Waals surface area contributed by atoms with E-state index in [9.17, 15) is 14.0 Å². The van der Waals surface area contributed by atoms with Gasteiger partial charge in [-0.1, -0.05) is 13.8 Å². The minimum atomic E-state index is -0.607. The quantitative estimate of drug-likeness (QED) is 0.794. The second kappa shape index (κ2) is 6.51. The van der Waals surface area contributed by atoms with Crippen LogP contribution in [0, 0.1) is 11.2 Å². The van der Waals surface area contributed by atoms with Crippen LogP contribution in [0.3, 0.4) is 0 Å². The van der Waals surface area contributed by atoms with Crippen molar-refractivity contribution >= 4 is 17.5 Å². The molecule has 0 aromatic heterocycles. The van der Waals surface area contributed by atoms with E-state index in [-0.39, 0.29) is 22.9 Å². The van der Waals surface area contributed by atoms with E-state index in [4.69, 9.17) is 0 Å². The monoisotopic (exact) mass is 333 g/mol. The highest BCUT2D eigenvalue weighted by Gasteiger charge is 2.32. The van der Waals surface area contributed by atoms with Gasteiger partial charge >= 0.3 is 0 Å². The van der Waals surface area contributed by atoms with Gasteiger partial charge in [-0.2, -0.15) is 0 Å². The summed E-state index contributed by atoms with van der Waals surface area (Å²) in [5.41, 5.74) is 1.41. The lowest BCUT2D eigenvalue weighted by molar-refractivity contribution is -0.116. The van der Waals surface area contributed by atoms with E-state index < -0.39 is 11.7 Å². The minimum Gasteiger partial charge on any atom is -0.350 e. The first-order valence-electron chi connectivity index (χ1n) is 8.51. The first-order valence-corrected chi connectivity index (χ1v) is 8.51. The van der Waals surface area contributed by atoms with Crippen molar-refractivity contribution in [1.82, 2.24) is 10.6 Å². The molecule has 0 radical (unpaired) electrons. The molecule has 3 rings (SSSR count). The van der Waals surface area contributed by atoms with Gasteiger partial charge in [0.05, 0.1) is 5.56 Å². The highest BCUT2D eigenvalue weighted by Crippen LogP contribution is 2.30. The molecule has 1 aromatic rings. The summed E-state index contributed by atoms with van der Waals surface area (Å²) >= 11 is 0. The summed E-state index contributed by atoms with van der Waals surface area (Å²) in [7, 11) is 0. The molecule has 0 spiro atoms. The molecule has 1 saturated heterocycles. The standard InChI is InChI=1S/C18H24FN3O2/c1-18(2)6-3-7-20-15(18)10-21-17(24)12-8-11-4-5-16(23)22-14(11)9-13(12)19/h8-9,15,20H,3-7,10H2,1-2H3,(H,21,24)(H,22,23). The summed E-state index contributed by atoms with van der Waals surface area (Å²) in [6.45, 7) is 5.77. The minimum absolute atomic E-state index is 0.0403. The zero-order chi connectivity index (χ0) is 17.3. The van der Waals surface area contributed by atoms with Crippen LogP contribution < -0.4 is 16.0 Å². The molecule has 0 aliphatic carbocycles. The number of piperidine rings is 1. The number of hydrogen-bond acceptors (Lipinski definition) is 3. The number of carbonyl (C=O) groups excluding carboxylic acids is 2. The topological polar surface area (TPSA) is 70.2 Å². The number of amides is 2. The number of hydrogen-bond donors (Lipinski definition) is 3. The SMILES string of the molecule is CC1(C)CCCNC1CNC(=O)c1cc2c(cc1F)NC(=O)CC2. The average Bonchev–Trinajstić information content (AvgIpc) is 2.52. The Kier molecular flexibility index (Phi) is 4.58. The molecule has 130 valence electrons. The first-order chi connectivity index (χ1) is 11.4. The molecule has 3 N–H and O–H groups in total. The van der Waals surface area contributed by atoms with E-state index in [0.29, 0.717) is 25.1 Å². The lowest BCUT2D eigenvalue weighted by Gasteiger charge is -2.39. The highest BCUT2D eigenvalue weighted by atomic mass is 19.1. The van der Waals surface area contributed by atoms with Crippen LogP contribution in [0.15, 0.2) is 12.1 Å². The number of nitrogens with one attached hydrogen (secondary N) is 3. The fourth-order valence-corrected chi connectivity index (χ4v) is 3.49. The second-order valence-electron chi connectivity index (χ2n) is 7.35. The van der Waals surface area contributed by atoms with Crippen molar-refractivity contribution in [3.8, 4) is 0 Å². The molecule has 2 aliphatic heterocycles. The largest absolute Gasteiger partial charge is 0.350 e. The molecule has 24 heavy (non-hydrogen) atoms. The molecule has 0 bridgehead atoms. The summed E-state index contributed by atoms with van der Waals surface area (Å²) < 4.78 is 14.2. The van der Waals surface area contributed by atoms with Gasteiger partial charge in [0, 0.05) is 24.7 Å². The van der Waals surface area contributed by atoms with Gasteiger partial charge in [-0.25, -0.2) is 4.39 Å². The van der Waals surface area contributed by atoms with E-state index in [2.05, 4.69) is 29.8 Å². The van der Waals surface area contributed by atoms with E-state index in [0.717, 1.165) is 24.9 Å². The van der Waals surface area contributed by atoms with Crippen LogP contribution in [-0.4, -0.2) is 30.9 Å². The van der Waals surface area contributed by atoms with E-state index >= 15 is 0 Å². The number of carbonyl (C=O) groups is 2. The van der Waals surface area contributed by atoms with Gasteiger partial charge in [-0.05, 0) is 48.9 Å². The molecule has 0 saturated carbocycles. The first kappa shape index (κ1) is 16.9. The van der Waals surface area contributed by atoms with Gasteiger partial charge < -0.3 is 16.0 Å². The summed E-state index contributed by atoms with van der Waals surface area (Å²) in [4.78, 5) is 23.8. The fourth-order valence-electron chi connectivity index (χ4n) is 3.49.